The molecule has 18 heavy (non-hydrogen) atoms. The van der Waals surface area contributed by atoms with Gasteiger partial charge in [0.1, 0.15) is 5.82 Å². The third-order valence-corrected chi connectivity index (χ3v) is 3.66. The van der Waals surface area contributed by atoms with E-state index in [1.807, 2.05) is 24.7 Å². The summed E-state index contributed by atoms with van der Waals surface area (Å²) in [5.41, 5.74) is 1.21. The Morgan fingerprint density at radius 2 is 2.11 bits per heavy atom. The van der Waals surface area contributed by atoms with Gasteiger partial charge in [0.2, 0.25) is 0 Å². The highest BCUT2D eigenvalue weighted by atomic mass is 19.1. The number of piperidine rings is 1. The fourth-order valence-corrected chi connectivity index (χ4v) is 2.72. The molecule has 2 heterocycles. The highest BCUT2D eigenvalue weighted by Crippen LogP contribution is 2.33. The smallest absolute Gasteiger partial charge is 0.123 e. The lowest BCUT2D eigenvalue weighted by molar-refractivity contribution is 0.322. The molecule has 2 unspecified atom stereocenters. The van der Waals surface area contributed by atoms with Gasteiger partial charge in [-0.25, -0.2) is 9.37 Å². The average Bonchev–Trinajstić information content (AvgIpc) is 2.93. The Bertz CT molecular complexity index is 492. The molecule has 94 valence electrons. The predicted molar refractivity (Wildman–Crippen MR) is 67.9 cm³/mol. The van der Waals surface area contributed by atoms with Gasteiger partial charge in [0.05, 0.1) is 12.4 Å². The molecule has 1 aromatic carbocycles. The summed E-state index contributed by atoms with van der Waals surface area (Å²) >= 11 is 0. The Hall–Kier alpha value is -1.68. The van der Waals surface area contributed by atoms with Crippen LogP contribution in [0.5, 0.6) is 0 Å². The van der Waals surface area contributed by atoms with Gasteiger partial charge in [-0.15, -0.1) is 0 Å². The average molecular weight is 245 g/mol. The van der Waals surface area contributed by atoms with Crippen LogP contribution >= 0.6 is 0 Å². The maximum Gasteiger partial charge on any atom is 0.123 e. The van der Waals surface area contributed by atoms with E-state index in [9.17, 15) is 4.39 Å². The SMILES string of the molecule is Fc1ccc(C2CCNCC2n2ccnc2)cc1. The van der Waals surface area contributed by atoms with Gasteiger partial charge in [0.15, 0.2) is 0 Å². The molecule has 0 amide bonds. The molecule has 1 fully saturated rings. The van der Waals surface area contributed by atoms with E-state index >= 15 is 0 Å². The lowest BCUT2D eigenvalue weighted by atomic mass is 9.86. The van der Waals surface area contributed by atoms with Crippen molar-refractivity contribution in [1.82, 2.24) is 14.9 Å². The van der Waals surface area contributed by atoms with E-state index in [0.29, 0.717) is 12.0 Å². The standard InChI is InChI=1S/C14H16FN3/c15-12-3-1-11(2-4-12)13-5-6-16-9-14(13)18-8-7-17-10-18/h1-4,7-8,10,13-14,16H,5-6,9H2. The van der Waals surface area contributed by atoms with Gasteiger partial charge in [-0.1, -0.05) is 12.1 Å². The van der Waals surface area contributed by atoms with Crippen molar-refractivity contribution in [2.45, 2.75) is 18.4 Å². The van der Waals surface area contributed by atoms with E-state index in [4.69, 9.17) is 0 Å². The van der Waals surface area contributed by atoms with Gasteiger partial charge >= 0.3 is 0 Å². The first-order chi connectivity index (χ1) is 8.84. The molecule has 0 saturated carbocycles. The van der Waals surface area contributed by atoms with Crippen molar-refractivity contribution in [1.29, 1.82) is 0 Å². The normalized spacial score (nSPS) is 24.1. The maximum atomic E-state index is 13.0. The molecule has 0 aliphatic carbocycles. The summed E-state index contributed by atoms with van der Waals surface area (Å²) in [5.74, 6) is 0.243. The number of rotatable bonds is 2. The van der Waals surface area contributed by atoms with Crippen LogP contribution in [-0.2, 0) is 0 Å². The van der Waals surface area contributed by atoms with Crippen molar-refractivity contribution in [3.8, 4) is 0 Å². The molecule has 1 aliphatic heterocycles. The van der Waals surface area contributed by atoms with Crippen molar-refractivity contribution in [2.24, 2.45) is 0 Å². The Labute approximate surface area is 106 Å². The van der Waals surface area contributed by atoms with Crippen LogP contribution in [0.2, 0.25) is 0 Å². The van der Waals surface area contributed by atoms with Gasteiger partial charge in [-0.05, 0) is 30.7 Å². The zero-order valence-electron chi connectivity index (χ0n) is 10.1. The second kappa shape index (κ2) is 4.90. The molecule has 2 aromatic rings. The predicted octanol–water partition coefficient (Wildman–Crippen LogP) is 2.34. The number of nitrogens with one attached hydrogen (secondary N) is 1. The Morgan fingerprint density at radius 1 is 1.28 bits per heavy atom. The number of hydrogen-bond acceptors (Lipinski definition) is 2. The Kier molecular flexibility index (Phi) is 3.11. The van der Waals surface area contributed by atoms with E-state index in [-0.39, 0.29) is 5.82 Å². The minimum absolute atomic E-state index is 0.174. The second-order valence-electron chi connectivity index (χ2n) is 4.73. The van der Waals surface area contributed by atoms with Gasteiger partial charge in [0.25, 0.3) is 0 Å². The molecule has 3 nitrogen and oxygen atoms in total. The fourth-order valence-electron chi connectivity index (χ4n) is 2.72. The number of hydrogen-bond donors (Lipinski definition) is 1. The van der Waals surface area contributed by atoms with Crippen molar-refractivity contribution in [3.63, 3.8) is 0 Å². The third-order valence-electron chi connectivity index (χ3n) is 3.66. The number of imidazole rings is 1. The summed E-state index contributed by atoms with van der Waals surface area (Å²) in [6, 6.07) is 7.24. The molecule has 1 N–H and O–H groups in total. The number of nitrogens with zero attached hydrogens (tertiary/aromatic N) is 2. The van der Waals surface area contributed by atoms with Gasteiger partial charge in [-0.3, -0.25) is 0 Å². The number of halogens is 1. The van der Waals surface area contributed by atoms with Crippen molar-refractivity contribution in [3.05, 3.63) is 54.4 Å². The van der Waals surface area contributed by atoms with Crippen LogP contribution in [0.4, 0.5) is 4.39 Å². The Morgan fingerprint density at radius 3 is 2.83 bits per heavy atom. The zero-order valence-corrected chi connectivity index (χ0v) is 10.1. The first-order valence-corrected chi connectivity index (χ1v) is 6.28. The molecular formula is C14H16FN3. The lowest BCUT2D eigenvalue weighted by Gasteiger charge is -2.33. The second-order valence-corrected chi connectivity index (χ2v) is 4.73. The fraction of sp³-hybridized carbons (Fsp3) is 0.357. The monoisotopic (exact) mass is 245 g/mol. The van der Waals surface area contributed by atoms with Gasteiger partial charge < -0.3 is 9.88 Å². The topological polar surface area (TPSA) is 29.9 Å². The minimum atomic E-state index is -0.174. The van der Waals surface area contributed by atoms with Crippen LogP contribution in [0.1, 0.15) is 23.9 Å². The first-order valence-electron chi connectivity index (χ1n) is 6.28. The first kappa shape index (κ1) is 11.4. The minimum Gasteiger partial charge on any atom is -0.333 e. The van der Waals surface area contributed by atoms with Crippen LogP contribution in [-0.4, -0.2) is 22.6 Å². The quantitative estimate of drug-likeness (QED) is 0.880. The van der Waals surface area contributed by atoms with Gasteiger partial charge in [0, 0.05) is 24.9 Å². The molecule has 0 bridgehead atoms. The molecule has 4 heteroatoms. The molecule has 1 aromatic heterocycles. The van der Waals surface area contributed by atoms with Crippen molar-refractivity contribution < 1.29 is 4.39 Å². The molecule has 3 rings (SSSR count). The van der Waals surface area contributed by atoms with E-state index in [1.54, 1.807) is 18.3 Å². The van der Waals surface area contributed by atoms with Gasteiger partial charge in [-0.2, -0.15) is 0 Å². The highest BCUT2D eigenvalue weighted by molar-refractivity contribution is 5.23. The summed E-state index contributed by atoms with van der Waals surface area (Å²) < 4.78 is 15.1. The summed E-state index contributed by atoms with van der Waals surface area (Å²) in [7, 11) is 0. The van der Waals surface area contributed by atoms with Crippen LogP contribution in [0, 0.1) is 5.82 Å². The maximum absolute atomic E-state index is 13.0. The van der Waals surface area contributed by atoms with Crippen LogP contribution in [0.15, 0.2) is 43.0 Å². The summed E-state index contributed by atoms with van der Waals surface area (Å²) in [5, 5.41) is 3.41. The zero-order chi connectivity index (χ0) is 12.4. The lowest BCUT2D eigenvalue weighted by Crippen LogP contribution is -2.36. The summed E-state index contributed by atoms with van der Waals surface area (Å²) in [4.78, 5) is 4.11. The molecule has 0 radical (unpaired) electrons. The number of aromatic nitrogens is 2. The molecule has 2 atom stereocenters. The van der Waals surface area contributed by atoms with E-state index in [1.165, 1.54) is 5.56 Å². The van der Waals surface area contributed by atoms with E-state index in [2.05, 4.69) is 14.9 Å². The van der Waals surface area contributed by atoms with Crippen LogP contribution in [0.3, 0.4) is 0 Å². The van der Waals surface area contributed by atoms with Crippen molar-refractivity contribution >= 4 is 0 Å². The van der Waals surface area contributed by atoms with Crippen LogP contribution in [0.25, 0.3) is 0 Å². The van der Waals surface area contributed by atoms with E-state index in [0.717, 1.165) is 19.5 Å². The largest absolute Gasteiger partial charge is 0.333 e. The third kappa shape index (κ3) is 2.16. The molecular weight excluding hydrogens is 229 g/mol. The molecule has 0 spiro atoms. The summed E-state index contributed by atoms with van der Waals surface area (Å²) in [6.07, 6.45) is 6.72. The summed E-state index contributed by atoms with van der Waals surface area (Å²) in [6.45, 7) is 1.94. The van der Waals surface area contributed by atoms with Crippen LogP contribution < -0.4 is 5.32 Å². The molecule has 1 saturated heterocycles. The Balaban J connectivity index is 1.90. The molecule has 1 aliphatic rings. The highest BCUT2D eigenvalue weighted by Gasteiger charge is 2.27. The van der Waals surface area contributed by atoms with Crippen molar-refractivity contribution in [2.75, 3.05) is 13.1 Å². The van der Waals surface area contributed by atoms with E-state index < -0.39 is 0 Å². The number of benzene rings is 1.